The molecular formula is C19H26ClN3O3. The van der Waals surface area contributed by atoms with Crippen molar-refractivity contribution in [1.82, 2.24) is 9.88 Å². The lowest BCUT2D eigenvalue weighted by molar-refractivity contribution is -0.896. The van der Waals surface area contributed by atoms with Crippen LogP contribution in [0.15, 0.2) is 23.0 Å². The molecule has 1 aliphatic heterocycles. The molecule has 2 heterocycles. The van der Waals surface area contributed by atoms with Crippen LogP contribution in [0.4, 0.5) is 0 Å². The number of nitrogens with one attached hydrogen (secondary N) is 2. The van der Waals surface area contributed by atoms with Crippen molar-refractivity contribution < 1.29 is 27.2 Å². The number of benzene rings is 1. The lowest BCUT2D eigenvalue weighted by Crippen LogP contribution is -3.11. The first-order valence-electron chi connectivity index (χ1n) is 9.07. The Kier molecular flexibility index (Phi) is 6.67. The first-order chi connectivity index (χ1) is 12.1. The summed E-state index contributed by atoms with van der Waals surface area (Å²) in [7, 11) is 0. The van der Waals surface area contributed by atoms with E-state index in [0.717, 1.165) is 43.6 Å². The summed E-state index contributed by atoms with van der Waals surface area (Å²) < 4.78 is 1.61. The van der Waals surface area contributed by atoms with Crippen molar-refractivity contribution in [2.24, 2.45) is 0 Å². The van der Waals surface area contributed by atoms with Gasteiger partial charge in [-0.2, -0.15) is 0 Å². The Balaban J connectivity index is 0.00000243. The van der Waals surface area contributed by atoms with Gasteiger partial charge in [0.2, 0.25) is 0 Å². The number of hydrogen-bond donors (Lipinski definition) is 3. The van der Waals surface area contributed by atoms with Gasteiger partial charge in [0.15, 0.2) is 0 Å². The molecule has 0 saturated heterocycles. The summed E-state index contributed by atoms with van der Waals surface area (Å²) in [6.07, 6.45) is 1.60. The van der Waals surface area contributed by atoms with Crippen molar-refractivity contribution in [2.45, 2.75) is 33.2 Å². The second kappa shape index (κ2) is 8.56. The Morgan fingerprint density at radius 2 is 2.04 bits per heavy atom. The highest BCUT2D eigenvalue weighted by Crippen LogP contribution is 2.31. The maximum absolute atomic E-state index is 12.7. The maximum Gasteiger partial charge on any atom is 0.267 e. The number of para-hydroxylation sites is 1. The van der Waals surface area contributed by atoms with Gasteiger partial charge in [0.25, 0.3) is 11.5 Å². The van der Waals surface area contributed by atoms with Gasteiger partial charge >= 0.3 is 0 Å². The zero-order valence-electron chi connectivity index (χ0n) is 15.3. The third-order valence-corrected chi connectivity index (χ3v) is 5.16. The molecule has 6 nitrogen and oxygen atoms in total. The van der Waals surface area contributed by atoms with Crippen LogP contribution in [0.25, 0.3) is 10.9 Å². The predicted molar refractivity (Wildman–Crippen MR) is 97.4 cm³/mol. The molecule has 0 saturated carbocycles. The van der Waals surface area contributed by atoms with E-state index >= 15 is 0 Å². The molecule has 0 bridgehead atoms. The van der Waals surface area contributed by atoms with Crippen molar-refractivity contribution in [1.29, 1.82) is 0 Å². The molecule has 1 aliphatic rings. The van der Waals surface area contributed by atoms with E-state index in [9.17, 15) is 14.7 Å². The number of aryl methyl sites for hydroxylation is 2. The van der Waals surface area contributed by atoms with E-state index in [0.29, 0.717) is 18.5 Å². The lowest BCUT2D eigenvalue weighted by Gasteiger charge is -2.15. The van der Waals surface area contributed by atoms with Crippen LogP contribution in [0, 0.1) is 0 Å². The topological polar surface area (TPSA) is 75.8 Å². The highest BCUT2D eigenvalue weighted by atomic mass is 35.5. The number of carbonyl (C=O) groups excluding carboxylic acids is 1. The summed E-state index contributed by atoms with van der Waals surface area (Å²) in [5.74, 6) is -0.688. The molecular weight excluding hydrogens is 354 g/mol. The zero-order chi connectivity index (χ0) is 18.0. The van der Waals surface area contributed by atoms with Gasteiger partial charge in [-0.25, -0.2) is 0 Å². The normalized spacial score (nSPS) is 12.4. The molecule has 7 heteroatoms. The molecule has 0 spiro atoms. The number of quaternary nitrogens is 1. The van der Waals surface area contributed by atoms with Crippen LogP contribution in [0.2, 0.25) is 0 Å². The fourth-order valence-corrected chi connectivity index (χ4v) is 3.66. The molecule has 26 heavy (non-hydrogen) atoms. The van der Waals surface area contributed by atoms with Crippen LogP contribution in [0.3, 0.4) is 0 Å². The highest BCUT2D eigenvalue weighted by molar-refractivity contribution is 6.03. The van der Waals surface area contributed by atoms with Gasteiger partial charge in [-0.1, -0.05) is 12.1 Å². The molecule has 0 fully saturated rings. The van der Waals surface area contributed by atoms with Crippen molar-refractivity contribution in [3.8, 4) is 5.75 Å². The smallest absolute Gasteiger partial charge is 0.267 e. The van der Waals surface area contributed by atoms with Gasteiger partial charge in [0, 0.05) is 24.9 Å². The molecule has 0 atom stereocenters. The van der Waals surface area contributed by atoms with Crippen LogP contribution >= 0.6 is 0 Å². The third-order valence-electron chi connectivity index (χ3n) is 5.16. The minimum atomic E-state index is -0.486. The number of aromatic hydroxyl groups is 1. The SMILES string of the molecule is CC[NH+](CC)CCCNC(=O)c1c(O)c2cccc3c2n(c1=O)CC3.[Cl-]. The van der Waals surface area contributed by atoms with Gasteiger partial charge in [-0.3, -0.25) is 9.59 Å². The standard InChI is InChI=1S/C19H25N3O3.ClH/c1-3-21(4-2)11-6-10-20-18(24)15-17(23)14-8-5-7-13-9-12-22(16(13)14)19(15)25;/h5,7-8,23H,3-4,6,9-12H2,1-2H3,(H,20,24);1H. The monoisotopic (exact) mass is 379 g/mol. The minimum Gasteiger partial charge on any atom is -1.00 e. The molecule has 1 amide bonds. The zero-order valence-corrected chi connectivity index (χ0v) is 16.0. The van der Waals surface area contributed by atoms with Gasteiger partial charge in [-0.05, 0) is 31.9 Å². The number of pyridine rings is 1. The third kappa shape index (κ3) is 3.57. The summed E-state index contributed by atoms with van der Waals surface area (Å²) in [5, 5.41) is 13.9. The van der Waals surface area contributed by atoms with Crippen molar-refractivity contribution in [2.75, 3.05) is 26.2 Å². The van der Waals surface area contributed by atoms with E-state index in [1.54, 1.807) is 10.6 Å². The molecule has 142 valence electrons. The van der Waals surface area contributed by atoms with E-state index in [2.05, 4.69) is 19.2 Å². The fourth-order valence-electron chi connectivity index (χ4n) is 3.66. The largest absolute Gasteiger partial charge is 1.00 e. The number of rotatable bonds is 7. The van der Waals surface area contributed by atoms with Gasteiger partial charge in [-0.15, -0.1) is 0 Å². The predicted octanol–water partition coefficient (Wildman–Crippen LogP) is -2.69. The molecule has 1 aromatic heterocycles. The maximum atomic E-state index is 12.7. The average molecular weight is 380 g/mol. The number of amides is 1. The molecule has 0 unspecified atom stereocenters. The van der Waals surface area contributed by atoms with Crippen LogP contribution in [-0.2, 0) is 13.0 Å². The Hall–Kier alpha value is -2.05. The van der Waals surface area contributed by atoms with Gasteiger partial charge in [0.1, 0.15) is 11.3 Å². The van der Waals surface area contributed by atoms with Crippen molar-refractivity contribution in [3.05, 3.63) is 39.7 Å². The van der Waals surface area contributed by atoms with Crippen LogP contribution in [0.1, 0.15) is 36.2 Å². The minimum absolute atomic E-state index is 0. The van der Waals surface area contributed by atoms with E-state index in [4.69, 9.17) is 0 Å². The Bertz CT molecular complexity index is 859. The van der Waals surface area contributed by atoms with Gasteiger partial charge in [0.05, 0.1) is 25.2 Å². The first kappa shape index (κ1) is 20.3. The quantitative estimate of drug-likeness (QED) is 0.459. The molecule has 0 radical (unpaired) electrons. The molecule has 3 N–H and O–H groups in total. The molecule has 2 aromatic rings. The summed E-state index contributed by atoms with van der Waals surface area (Å²) in [6, 6.07) is 5.57. The van der Waals surface area contributed by atoms with E-state index in [1.165, 1.54) is 4.90 Å². The average Bonchev–Trinajstić information content (AvgIpc) is 3.05. The number of aromatic nitrogens is 1. The number of hydrogen-bond acceptors (Lipinski definition) is 3. The van der Waals surface area contributed by atoms with E-state index < -0.39 is 11.5 Å². The van der Waals surface area contributed by atoms with Crippen LogP contribution < -0.4 is 28.2 Å². The molecule has 0 aliphatic carbocycles. The first-order valence-corrected chi connectivity index (χ1v) is 9.07. The summed E-state index contributed by atoms with van der Waals surface area (Å²) in [4.78, 5) is 26.7. The number of carbonyl (C=O) groups is 1. The number of halogens is 1. The number of nitrogens with zero attached hydrogens (tertiary/aromatic N) is 1. The van der Waals surface area contributed by atoms with E-state index in [-0.39, 0.29) is 23.7 Å². The van der Waals surface area contributed by atoms with Crippen LogP contribution in [-0.4, -0.2) is 41.8 Å². The summed E-state index contributed by atoms with van der Waals surface area (Å²) >= 11 is 0. The molecule has 3 rings (SSSR count). The summed E-state index contributed by atoms with van der Waals surface area (Å²) in [6.45, 7) is 8.43. The second-order valence-corrected chi connectivity index (χ2v) is 6.56. The van der Waals surface area contributed by atoms with Gasteiger partial charge < -0.3 is 32.3 Å². The molecule has 1 aromatic carbocycles. The van der Waals surface area contributed by atoms with Crippen LogP contribution in [0.5, 0.6) is 5.75 Å². The Labute approximate surface area is 159 Å². The Morgan fingerprint density at radius 3 is 2.73 bits per heavy atom. The van der Waals surface area contributed by atoms with E-state index in [1.807, 2.05) is 12.1 Å². The van der Waals surface area contributed by atoms with Crippen molar-refractivity contribution in [3.63, 3.8) is 0 Å². The lowest BCUT2D eigenvalue weighted by atomic mass is 10.1. The second-order valence-electron chi connectivity index (χ2n) is 6.56. The fraction of sp³-hybridized carbons (Fsp3) is 0.474. The summed E-state index contributed by atoms with van der Waals surface area (Å²) in [5.41, 5.74) is 1.26. The Morgan fingerprint density at radius 1 is 1.31 bits per heavy atom. The van der Waals surface area contributed by atoms with Crippen molar-refractivity contribution >= 4 is 16.8 Å². The highest BCUT2D eigenvalue weighted by Gasteiger charge is 2.25.